The molecule has 4 nitrogen and oxygen atoms in total. The minimum Gasteiger partial charge on any atom is -0.508 e. The fraction of sp³-hybridized carbons (Fsp3) is 0.200. The molecule has 5 N–H and O–H groups in total. The Morgan fingerprint density at radius 3 is 2.47 bits per heavy atom. The third-order valence-corrected chi connectivity index (χ3v) is 2.93. The zero-order chi connectivity index (χ0) is 13.7. The van der Waals surface area contributed by atoms with Gasteiger partial charge >= 0.3 is 0 Å². The monoisotopic (exact) mass is 258 g/mol. The summed E-state index contributed by atoms with van der Waals surface area (Å²) in [5.74, 6) is 0.261. The number of hydrogen-bond acceptors (Lipinski definition) is 4. The predicted molar refractivity (Wildman–Crippen MR) is 77.1 cm³/mol. The minimum absolute atomic E-state index is 0.0946. The molecule has 0 amide bonds. The molecular weight excluding hydrogens is 240 g/mol. The quantitative estimate of drug-likeness (QED) is 0.619. The van der Waals surface area contributed by atoms with Crippen LogP contribution in [0.25, 0.3) is 0 Å². The maximum absolute atomic E-state index is 9.22. The molecule has 0 saturated carbocycles. The van der Waals surface area contributed by atoms with Crippen LogP contribution in [0.15, 0.2) is 42.5 Å². The molecule has 2 aromatic rings. The van der Waals surface area contributed by atoms with E-state index in [0.717, 1.165) is 16.8 Å². The Hall–Kier alpha value is -2.20. The van der Waals surface area contributed by atoms with Crippen molar-refractivity contribution in [3.63, 3.8) is 0 Å². The van der Waals surface area contributed by atoms with Crippen molar-refractivity contribution in [1.29, 1.82) is 0 Å². The fourth-order valence-electron chi connectivity index (χ4n) is 1.92. The standard InChI is InChI=1S/C15H18N2O2/c16-13-3-6-15(12(9-13)7-8-18)17-10-11-1-4-14(19)5-2-11/h1-6,9,17-19H,7-8,10,16H2. The fourth-order valence-corrected chi connectivity index (χ4v) is 1.92. The van der Waals surface area contributed by atoms with E-state index in [4.69, 9.17) is 10.8 Å². The van der Waals surface area contributed by atoms with Crippen molar-refractivity contribution in [2.24, 2.45) is 0 Å². The second kappa shape index (κ2) is 6.11. The van der Waals surface area contributed by atoms with E-state index in [1.54, 1.807) is 12.1 Å². The van der Waals surface area contributed by atoms with Gasteiger partial charge in [0.1, 0.15) is 5.75 Å². The van der Waals surface area contributed by atoms with Crippen molar-refractivity contribution in [3.8, 4) is 5.75 Å². The molecule has 0 atom stereocenters. The van der Waals surface area contributed by atoms with E-state index in [0.29, 0.717) is 18.7 Å². The number of aromatic hydroxyl groups is 1. The number of aliphatic hydroxyl groups is 1. The van der Waals surface area contributed by atoms with Crippen LogP contribution in [-0.4, -0.2) is 16.8 Å². The summed E-state index contributed by atoms with van der Waals surface area (Å²) in [7, 11) is 0. The van der Waals surface area contributed by atoms with Gasteiger partial charge in [-0.05, 0) is 47.9 Å². The van der Waals surface area contributed by atoms with Crippen LogP contribution in [0, 0.1) is 0 Å². The number of rotatable bonds is 5. The van der Waals surface area contributed by atoms with Crippen LogP contribution in [0.4, 0.5) is 11.4 Å². The second-order valence-electron chi connectivity index (χ2n) is 4.41. The molecule has 0 aromatic heterocycles. The molecule has 0 fully saturated rings. The summed E-state index contributed by atoms with van der Waals surface area (Å²) in [6.45, 7) is 0.750. The predicted octanol–water partition coefficient (Wildman–Crippen LogP) is 2.12. The van der Waals surface area contributed by atoms with Crippen molar-refractivity contribution in [2.45, 2.75) is 13.0 Å². The van der Waals surface area contributed by atoms with Gasteiger partial charge in [-0.2, -0.15) is 0 Å². The van der Waals surface area contributed by atoms with Gasteiger partial charge in [0.05, 0.1) is 0 Å². The Balaban J connectivity index is 2.08. The molecule has 2 aromatic carbocycles. The molecule has 0 radical (unpaired) electrons. The maximum atomic E-state index is 9.22. The van der Waals surface area contributed by atoms with Crippen molar-refractivity contribution in [1.82, 2.24) is 0 Å². The summed E-state index contributed by atoms with van der Waals surface area (Å²) in [6, 6.07) is 12.7. The Morgan fingerprint density at radius 1 is 1.05 bits per heavy atom. The molecule has 0 aliphatic heterocycles. The van der Waals surface area contributed by atoms with Crippen LogP contribution in [0.2, 0.25) is 0 Å². The Morgan fingerprint density at radius 2 is 1.79 bits per heavy atom. The van der Waals surface area contributed by atoms with E-state index < -0.39 is 0 Å². The largest absolute Gasteiger partial charge is 0.508 e. The molecule has 0 spiro atoms. The lowest BCUT2D eigenvalue weighted by molar-refractivity contribution is 0.300. The first-order valence-electron chi connectivity index (χ1n) is 6.20. The number of anilines is 2. The SMILES string of the molecule is Nc1ccc(NCc2ccc(O)cc2)c(CCO)c1. The molecule has 0 heterocycles. The highest BCUT2D eigenvalue weighted by Gasteiger charge is 2.03. The maximum Gasteiger partial charge on any atom is 0.115 e. The Labute approximate surface area is 112 Å². The Kier molecular flexibility index (Phi) is 4.26. The number of nitrogen functional groups attached to an aromatic ring is 1. The van der Waals surface area contributed by atoms with Gasteiger partial charge in [0, 0.05) is 24.5 Å². The number of nitrogens with two attached hydrogens (primary N) is 1. The zero-order valence-electron chi connectivity index (χ0n) is 10.6. The minimum atomic E-state index is 0.0946. The molecule has 0 unspecified atom stereocenters. The lowest BCUT2D eigenvalue weighted by atomic mass is 10.1. The number of phenolic OH excluding ortho intramolecular Hbond substituents is 1. The molecular formula is C15H18N2O2. The summed E-state index contributed by atoms with van der Waals surface area (Å²) in [5, 5.41) is 21.6. The number of phenols is 1. The first-order chi connectivity index (χ1) is 9.19. The lowest BCUT2D eigenvalue weighted by Gasteiger charge is -2.12. The van der Waals surface area contributed by atoms with E-state index in [1.165, 1.54) is 0 Å². The summed E-state index contributed by atoms with van der Waals surface area (Å²) in [6.07, 6.45) is 0.572. The number of hydrogen-bond donors (Lipinski definition) is 4. The third-order valence-electron chi connectivity index (χ3n) is 2.93. The van der Waals surface area contributed by atoms with E-state index in [1.807, 2.05) is 30.3 Å². The van der Waals surface area contributed by atoms with Gasteiger partial charge in [0.25, 0.3) is 0 Å². The normalized spacial score (nSPS) is 10.4. The van der Waals surface area contributed by atoms with Gasteiger partial charge in [-0.1, -0.05) is 12.1 Å². The first-order valence-corrected chi connectivity index (χ1v) is 6.20. The zero-order valence-corrected chi connectivity index (χ0v) is 10.6. The van der Waals surface area contributed by atoms with Gasteiger partial charge in [-0.25, -0.2) is 0 Å². The molecule has 19 heavy (non-hydrogen) atoms. The van der Waals surface area contributed by atoms with E-state index >= 15 is 0 Å². The first kappa shape index (κ1) is 13.2. The third kappa shape index (κ3) is 3.63. The average molecular weight is 258 g/mol. The summed E-state index contributed by atoms with van der Waals surface area (Å²) in [4.78, 5) is 0. The van der Waals surface area contributed by atoms with Gasteiger partial charge in [0.2, 0.25) is 0 Å². The van der Waals surface area contributed by atoms with E-state index in [-0.39, 0.29) is 12.4 Å². The summed E-state index contributed by atoms with van der Waals surface area (Å²) in [5.41, 5.74) is 9.48. The van der Waals surface area contributed by atoms with E-state index in [9.17, 15) is 5.11 Å². The molecule has 0 bridgehead atoms. The van der Waals surface area contributed by atoms with E-state index in [2.05, 4.69) is 5.32 Å². The van der Waals surface area contributed by atoms with Crippen LogP contribution >= 0.6 is 0 Å². The van der Waals surface area contributed by atoms with Gasteiger partial charge < -0.3 is 21.3 Å². The highest BCUT2D eigenvalue weighted by atomic mass is 16.3. The summed E-state index contributed by atoms with van der Waals surface area (Å²) >= 11 is 0. The van der Waals surface area contributed by atoms with Crippen LogP contribution in [0.1, 0.15) is 11.1 Å². The van der Waals surface area contributed by atoms with Crippen LogP contribution < -0.4 is 11.1 Å². The topological polar surface area (TPSA) is 78.5 Å². The van der Waals surface area contributed by atoms with Gasteiger partial charge in [-0.3, -0.25) is 0 Å². The number of aliphatic hydroxyl groups excluding tert-OH is 1. The molecule has 100 valence electrons. The van der Waals surface area contributed by atoms with Crippen LogP contribution in [0.5, 0.6) is 5.75 Å². The lowest BCUT2D eigenvalue weighted by Crippen LogP contribution is -2.04. The highest BCUT2D eigenvalue weighted by molar-refractivity contribution is 5.58. The molecule has 0 aliphatic carbocycles. The van der Waals surface area contributed by atoms with Crippen molar-refractivity contribution in [2.75, 3.05) is 17.7 Å². The smallest absolute Gasteiger partial charge is 0.115 e. The van der Waals surface area contributed by atoms with Gasteiger partial charge in [-0.15, -0.1) is 0 Å². The molecule has 4 heteroatoms. The molecule has 0 saturated heterocycles. The molecule has 0 aliphatic rings. The Bertz CT molecular complexity index is 538. The average Bonchev–Trinajstić information content (AvgIpc) is 2.40. The number of benzene rings is 2. The van der Waals surface area contributed by atoms with Gasteiger partial charge in [0.15, 0.2) is 0 Å². The van der Waals surface area contributed by atoms with Crippen LogP contribution in [-0.2, 0) is 13.0 Å². The highest BCUT2D eigenvalue weighted by Crippen LogP contribution is 2.20. The summed E-state index contributed by atoms with van der Waals surface area (Å²) < 4.78 is 0. The number of nitrogens with one attached hydrogen (secondary N) is 1. The van der Waals surface area contributed by atoms with Crippen LogP contribution in [0.3, 0.4) is 0 Å². The van der Waals surface area contributed by atoms with Crippen molar-refractivity contribution in [3.05, 3.63) is 53.6 Å². The molecule has 2 rings (SSSR count). The van der Waals surface area contributed by atoms with Crippen molar-refractivity contribution >= 4 is 11.4 Å². The second-order valence-corrected chi connectivity index (χ2v) is 4.41. The van der Waals surface area contributed by atoms with Crippen molar-refractivity contribution < 1.29 is 10.2 Å².